The molecule has 1 aromatic heterocycles. The zero-order valence-corrected chi connectivity index (χ0v) is 15.2. The van der Waals surface area contributed by atoms with Crippen molar-refractivity contribution in [3.05, 3.63) is 54.4 Å². The standard InChI is InChI=1S/C12H11NO.C7H15NS.H2/c1-10-2-4-11(5-3-10)14-12-6-8-13-9-7-12;1-6-7(2,3)9-5-4-8-6;/h2-9H,1H3;6,8H,4-5H2,1-3H3;1H/t;6-;/m.0./s1. The number of nitrogens with zero attached hydrogens (tertiary/aromatic N) is 1. The van der Waals surface area contributed by atoms with Crippen LogP contribution >= 0.6 is 11.8 Å². The first-order chi connectivity index (χ1) is 11.0. The predicted molar refractivity (Wildman–Crippen MR) is 102 cm³/mol. The molecule has 0 radical (unpaired) electrons. The molecule has 1 aliphatic heterocycles. The molecule has 0 bridgehead atoms. The first-order valence-electron chi connectivity index (χ1n) is 7.99. The maximum atomic E-state index is 5.59. The van der Waals surface area contributed by atoms with E-state index in [1.807, 2.05) is 36.4 Å². The van der Waals surface area contributed by atoms with Crippen LogP contribution in [-0.2, 0) is 0 Å². The second-order valence-electron chi connectivity index (χ2n) is 6.23. The minimum absolute atomic E-state index is 0. The van der Waals surface area contributed by atoms with Gasteiger partial charge < -0.3 is 10.1 Å². The summed E-state index contributed by atoms with van der Waals surface area (Å²) in [6.45, 7) is 10.1. The molecule has 0 unspecified atom stereocenters. The molecular formula is C19H28N2OS. The van der Waals surface area contributed by atoms with Gasteiger partial charge in [-0.15, -0.1) is 0 Å². The Bertz CT molecular complexity index is 590. The van der Waals surface area contributed by atoms with Gasteiger partial charge in [-0.1, -0.05) is 17.7 Å². The highest BCUT2D eigenvalue weighted by Gasteiger charge is 2.28. The summed E-state index contributed by atoms with van der Waals surface area (Å²) in [6, 6.07) is 12.3. The summed E-state index contributed by atoms with van der Waals surface area (Å²) in [5, 5.41) is 3.45. The van der Waals surface area contributed by atoms with Crippen molar-refractivity contribution in [3.8, 4) is 11.5 Å². The van der Waals surface area contributed by atoms with Gasteiger partial charge in [0.15, 0.2) is 0 Å². The Balaban J connectivity index is 0.000000252. The van der Waals surface area contributed by atoms with E-state index in [1.165, 1.54) is 17.9 Å². The Kier molecular flexibility index (Phi) is 6.48. The number of aromatic nitrogens is 1. The molecule has 2 aromatic rings. The monoisotopic (exact) mass is 332 g/mol. The fraction of sp³-hybridized carbons (Fsp3) is 0.421. The lowest BCUT2D eigenvalue weighted by atomic mass is 10.1. The average Bonchev–Trinajstić information content (AvgIpc) is 2.54. The Hall–Kier alpha value is -1.52. The second-order valence-corrected chi connectivity index (χ2v) is 7.97. The molecule has 126 valence electrons. The van der Waals surface area contributed by atoms with Crippen LogP contribution in [-0.4, -0.2) is 28.1 Å². The number of rotatable bonds is 2. The quantitative estimate of drug-likeness (QED) is 0.846. The van der Waals surface area contributed by atoms with Crippen molar-refractivity contribution in [2.75, 3.05) is 12.3 Å². The van der Waals surface area contributed by atoms with Crippen LogP contribution in [0.4, 0.5) is 0 Å². The Labute approximate surface area is 145 Å². The molecule has 1 aromatic carbocycles. The molecule has 1 atom stereocenters. The minimum Gasteiger partial charge on any atom is -0.457 e. The minimum atomic E-state index is 0. The lowest BCUT2D eigenvalue weighted by Gasteiger charge is -2.36. The number of thioether (sulfide) groups is 1. The molecule has 0 saturated carbocycles. The number of ether oxygens (including phenoxy) is 1. The van der Waals surface area contributed by atoms with Crippen molar-refractivity contribution in [3.63, 3.8) is 0 Å². The van der Waals surface area contributed by atoms with Crippen LogP contribution < -0.4 is 10.1 Å². The van der Waals surface area contributed by atoms with Gasteiger partial charge in [0.05, 0.1) is 0 Å². The van der Waals surface area contributed by atoms with Crippen LogP contribution in [0.1, 0.15) is 27.8 Å². The van der Waals surface area contributed by atoms with Gasteiger partial charge in [0.25, 0.3) is 0 Å². The van der Waals surface area contributed by atoms with E-state index in [9.17, 15) is 0 Å². The topological polar surface area (TPSA) is 34.1 Å². The van der Waals surface area contributed by atoms with Gasteiger partial charge in [0.1, 0.15) is 11.5 Å². The molecule has 1 fully saturated rings. The molecule has 0 spiro atoms. The number of hydrogen-bond donors (Lipinski definition) is 1. The Morgan fingerprint density at radius 1 is 1.13 bits per heavy atom. The third-order valence-corrected chi connectivity index (χ3v) is 5.48. The van der Waals surface area contributed by atoms with Gasteiger partial charge in [0.2, 0.25) is 0 Å². The molecule has 23 heavy (non-hydrogen) atoms. The highest BCUT2D eigenvalue weighted by atomic mass is 32.2. The zero-order valence-electron chi connectivity index (χ0n) is 14.4. The van der Waals surface area contributed by atoms with Crippen LogP contribution in [0.2, 0.25) is 0 Å². The summed E-state index contributed by atoms with van der Waals surface area (Å²) in [7, 11) is 0. The van der Waals surface area contributed by atoms with Gasteiger partial charge in [-0.3, -0.25) is 4.98 Å². The van der Waals surface area contributed by atoms with Crippen LogP contribution in [0.3, 0.4) is 0 Å². The van der Waals surface area contributed by atoms with E-state index in [2.05, 4.69) is 49.8 Å². The summed E-state index contributed by atoms with van der Waals surface area (Å²) in [6.07, 6.45) is 3.42. The maximum Gasteiger partial charge on any atom is 0.130 e. The summed E-state index contributed by atoms with van der Waals surface area (Å²) in [5.41, 5.74) is 1.23. The number of benzene rings is 1. The normalized spacial score (nSPS) is 19.4. The number of aryl methyl sites for hydroxylation is 1. The number of pyridine rings is 1. The van der Waals surface area contributed by atoms with E-state index < -0.39 is 0 Å². The van der Waals surface area contributed by atoms with E-state index in [1.54, 1.807) is 12.4 Å². The van der Waals surface area contributed by atoms with Crippen molar-refractivity contribution >= 4 is 11.8 Å². The van der Waals surface area contributed by atoms with Crippen molar-refractivity contribution in [1.82, 2.24) is 10.3 Å². The predicted octanol–water partition coefficient (Wildman–Crippen LogP) is 4.92. The van der Waals surface area contributed by atoms with Crippen LogP contribution in [0.15, 0.2) is 48.8 Å². The molecule has 3 nitrogen and oxygen atoms in total. The van der Waals surface area contributed by atoms with E-state index in [-0.39, 0.29) is 1.43 Å². The highest BCUT2D eigenvalue weighted by Crippen LogP contribution is 2.30. The van der Waals surface area contributed by atoms with Gasteiger partial charge in [-0.25, -0.2) is 0 Å². The molecule has 2 heterocycles. The lowest BCUT2D eigenvalue weighted by molar-refractivity contribution is 0.459. The van der Waals surface area contributed by atoms with Crippen molar-refractivity contribution in [2.45, 2.75) is 38.5 Å². The Morgan fingerprint density at radius 2 is 1.74 bits per heavy atom. The maximum absolute atomic E-state index is 5.59. The van der Waals surface area contributed by atoms with Gasteiger partial charge in [-0.2, -0.15) is 11.8 Å². The smallest absolute Gasteiger partial charge is 0.130 e. The number of hydrogen-bond acceptors (Lipinski definition) is 4. The third-order valence-electron chi connectivity index (χ3n) is 3.98. The molecule has 1 N–H and O–H groups in total. The van der Waals surface area contributed by atoms with Crippen LogP contribution in [0.5, 0.6) is 11.5 Å². The van der Waals surface area contributed by atoms with E-state index in [0.29, 0.717) is 10.8 Å². The fourth-order valence-corrected chi connectivity index (χ4v) is 3.19. The lowest BCUT2D eigenvalue weighted by Crippen LogP contribution is -2.47. The van der Waals surface area contributed by atoms with E-state index in [4.69, 9.17) is 4.74 Å². The molecule has 3 rings (SSSR count). The van der Waals surface area contributed by atoms with Crippen LogP contribution in [0, 0.1) is 6.92 Å². The van der Waals surface area contributed by atoms with Gasteiger partial charge >= 0.3 is 0 Å². The van der Waals surface area contributed by atoms with Crippen molar-refractivity contribution in [2.24, 2.45) is 0 Å². The number of nitrogens with one attached hydrogen (secondary N) is 1. The molecule has 0 aliphatic carbocycles. The first kappa shape index (κ1) is 17.8. The molecular weight excluding hydrogens is 304 g/mol. The van der Waals surface area contributed by atoms with Gasteiger partial charge in [-0.05, 0) is 52.0 Å². The fourth-order valence-electron chi connectivity index (χ4n) is 2.11. The van der Waals surface area contributed by atoms with E-state index >= 15 is 0 Å². The largest absolute Gasteiger partial charge is 0.457 e. The zero-order chi connectivity index (χ0) is 16.7. The van der Waals surface area contributed by atoms with Crippen molar-refractivity contribution in [1.29, 1.82) is 0 Å². The molecule has 4 heteroatoms. The third kappa shape index (κ3) is 5.88. The molecule has 0 amide bonds. The summed E-state index contributed by atoms with van der Waals surface area (Å²) < 4.78 is 6.04. The first-order valence-corrected chi connectivity index (χ1v) is 8.98. The average molecular weight is 333 g/mol. The summed E-state index contributed by atoms with van der Waals surface area (Å²) in [5.74, 6) is 2.92. The van der Waals surface area contributed by atoms with E-state index in [0.717, 1.165) is 11.5 Å². The van der Waals surface area contributed by atoms with Crippen molar-refractivity contribution < 1.29 is 6.16 Å². The molecule has 1 aliphatic rings. The van der Waals surface area contributed by atoms with Gasteiger partial charge in [0, 0.05) is 36.9 Å². The Morgan fingerprint density at radius 3 is 2.26 bits per heavy atom. The summed E-state index contributed by atoms with van der Waals surface area (Å²) >= 11 is 2.07. The second kappa shape index (κ2) is 8.37. The SMILES string of the molecule is C[C@@H]1NCCSC1(C)C.Cc1ccc(Oc2ccncc2)cc1.[HH]. The highest BCUT2D eigenvalue weighted by molar-refractivity contribution is 8.00. The summed E-state index contributed by atoms with van der Waals surface area (Å²) in [4.78, 5) is 3.92. The molecule has 1 saturated heterocycles. The van der Waals surface area contributed by atoms with Crippen LogP contribution in [0.25, 0.3) is 0 Å².